The minimum atomic E-state index is -0.812. The molecule has 116 valence electrons. The van der Waals surface area contributed by atoms with Crippen LogP contribution in [0.1, 0.15) is 17.5 Å². The molecule has 0 aromatic heterocycles. The fraction of sp³-hybridized carbons (Fsp3) is 0.438. The topological polar surface area (TPSA) is 88.4 Å². The fourth-order valence-electron chi connectivity index (χ4n) is 2.39. The van der Waals surface area contributed by atoms with Crippen LogP contribution in [0.3, 0.4) is 0 Å². The maximum atomic E-state index is 12.2. The Morgan fingerprint density at radius 2 is 2.27 bits per heavy atom. The molecule has 1 aromatic carbocycles. The van der Waals surface area contributed by atoms with E-state index in [1.54, 1.807) is 24.3 Å². The van der Waals surface area contributed by atoms with Crippen molar-refractivity contribution in [1.82, 2.24) is 5.32 Å². The quantitative estimate of drug-likeness (QED) is 0.813. The zero-order valence-corrected chi connectivity index (χ0v) is 12.4. The van der Waals surface area contributed by atoms with Gasteiger partial charge in [-0.2, -0.15) is 5.26 Å². The molecule has 1 aliphatic heterocycles. The molecule has 2 rings (SSSR count). The van der Waals surface area contributed by atoms with E-state index in [0.29, 0.717) is 30.8 Å². The SMILES string of the molecule is COC(=O)[C@H](Cc1ccccc1C#N)NC(=O)[C@H]1CCOC1. The summed E-state index contributed by atoms with van der Waals surface area (Å²) >= 11 is 0. The predicted molar refractivity (Wildman–Crippen MR) is 77.7 cm³/mol. The molecule has 6 nitrogen and oxygen atoms in total. The molecule has 0 radical (unpaired) electrons. The Bertz CT molecular complexity index is 588. The molecule has 1 fully saturated rings. The van der Waals surface area contributed by atoms with Gasteiger partial charge in [0.25, 0.3) is 0 Å². The van der Waals surface area contributed by atoms with Gasteiger partial charge in [0, 0.05) is 13.0 Å². The van der Waals surface area contributed by atoms with Crippen LogP contribution in [0.25, 0.3) is 0 Å². The minimum absolute atomic E-state index is 0.218. The van der Waals surface area contributed by atoms with Crippen molar-refractivity contribution in [2.75, 3.05) is 20.3 Å². The smallest absolute Gasteiger partial charge is 0.328 e. The molecule has 1 amide bonds. The lowest BCUT2D eigenvalue weighted by atomic mass is 10.00. The zero-order valence-electron chi connectivity index (χ0n) is 12.4. The zero-order chi connectivity index (χ0) is 15.9. The molecular weight excluding hydrogens is 284 g/mol. The van der Waals surface area contributed by atoms with Gasteiger partial charge in [0.2, 0.25) is 5.91 Å². The second kappa shape index (κ2) is 7.57. The number of carbonyl (C=O) groups excluding carboxylic acids is 2. The number of benzene rings is 1. The fourth-order valence-corrected chi connectivity index (χ4v) is 2.39. The number of nitrogens with one attached hydrogen (secondary N) is 1. The van der Waals surface area contributed by atoms with Crippen molar-refractivity contribution >= 4 is 11.9 Å². The molecule has 0 aliphatic carbocycles. The molecule has 0 unspecified atom stereocenters. The van der Waals surface area contributed by atoms with Crippen LogP contribution in [-0.2, 0) is 25.5 Å². The van der Waals surface area contributed by atoms with Crippen LogP contribution >= 0.6 is 0 Å². The average molecular weight is 302 g/mol. The summed E-state index contributed by atoms with van der Waals surface area (Å²) in [6.07, 6.45) is 0.865. The first kappa shape index (κ1) is 16.0. The molecule has 1 saturated heterocycles. The standard InChI is InChI=1S/C16H18N2O4/c1-21-16(20)14(18-15(19)13-6-7-22-10-13)8-11-4-2-3-5-12(11)9-17/h2-5,13-14H,6-8,10H2,1H3,(H,18,19)/t13-,14-/m0/s1. The largest absolute Gasteiger partial charge is 0.467 e. The average Bonchev–Trinajstić information content (AvgIpc) is 3.08. The van der Waals surface area contributed by atoms with Crippen LogP contribution in [0.15, 0.2) is 24.3 Å². The van der Waals surface area contributed by atoms with Gasteiger partial charge in [-0.05, 0) is 18.1 Å². The van der Waals surface area contributed by atoms with Crippen LogP contribution in [0.4, 0.5) is 0 Å². The first-order chi connectivity index (χ1) is 10.7. The molecule has 2 atom stereocenters. The molecule has 22 heavy (non-hydrogen) atoms. The van der Waals surface area contributed by atoms with Crippen molar-refractivity contribution in [2.45, 2.75) is 18.9 Å². The summed E-state index contributed by atoms with van der Waals surface area (Å²) in [6, 6.07) is 8.25. The third-order valence-corrected chi connectivity index (χ3v) is 3.66. The van der Waals surface area contributed by atoms with Crippen molar-refractivity contribution in [3.05, 3.63) is 35.4 Å². The van der Waals surface area contributed by atoms with Gasteiger partial charge in [-0.15, -0.1) is 0 Å². The molecule has 0 saturated carbocycles. The highest BCUT2D eigenvalue weighted by Gasteiger charge is 2.29. The molecule has 1 aromatic rings. The Labute approximate surface area is 129 Å². The summed E-state index contributed by atoms with van der Waals surface area (Å²) in [5.74, 6) is -0.985. The summed E-state index contributed by atoms with van der Waals surface area (Å²) in [4.78, 5) is 24.1. The number of rotatable bonds is 5. The van der Waals surface area contributed by atoms with E-state index >= 15 is 0 Å². The van der Waals surface area contributed by atoms with E-state index in [9.17, 15) is 9.59 Å². The van der Waals surface area contributed by atoms with E-state index in [2.05, 4.69) is 11.4 Å². The summed E-state index contributed by atoms with van der Waals surface area (Å²) in [5, 5.41) is 11.8. The molecule has 1 heterocycles. The van der Waals surface area contributed by atoms with Gasteiger partial charge >= 0.3 is 5.97 Å². The van der Waals surface area contributed by atoms with Gasteiger partial charge in [0.05, 0.1) is 31.3 Å². The van der Waals surface area contributed by atoms with Crippen molar-refractivity contribution in [3.63, 3.8) is 0 Å². The predicted octanol–water partition coefficient (Wildman–Crippen LogP) is 0.795. The summed E-state index contributed by atoms with van der Waals surface area (Å²) < 4.78 is 9.94. The summed E-state index contributed by atoms with van der Waals surface area (Å²) in [7, 11) is 1.27. The van der Waals surface area contributed by atoms with E-state index in [-0.39, 0.29) is 18.2 Å². The van der Waals surface area contributed by atoms with Crippen LogP contribution in [0.2, 0.25) is 0 Å². The second-order valence-corrected chi connectivity index (χ2v) is 5.12. The van der Waals surface area contributed by atoms with E-state index in [4.69, 9.17) is 14.7 Å². The number of hydrogen-bond acceptors (Lipinski definition) is 5. The highest BCUT2D eigenvalue weighted by molar-refractivity contribution is 5.86. The van der Waals surface area contributed by atoms with Crippen molar-refractivity contribution < 1.29 is 19.1 Å². The van der Waals surface area contributed by atoms with Crippen LogP contribution in [-0.4, -0.2) is 38.2 Å². The number of nitriles is 1. The summed E-state index contributed by atoms with van der Waals surface area (Å²) in [5.41, 5.74) is 1.18. The van der Waals surface area contributed by atoms with E-state index < -0.39 is 12.0 Å². The molecule has 1 aliphatic rings. The Hall–Kier alpha value is -2.39. The molecule has 1 N–H and O–H groups in total. The molecular formula is C16H18N2O4. The number of hydrogen-bond donors (Lipinski definition) is 1. The second-order valence-electron chi connectivity index (χ2n) is 5.12. The highest BCUT2D eigenvalue weighted by Crippen LogP contribution is 2.15. The maximum absolute atomic E-state index is 12.2. The number of esters is 1. The number of nitrogens with zero attached hydrogens (tertiary/aromatic N) is 1. The first-order valence-electron chi connectivity index (χ1n) is 7.09. The van der Waals surface area contributed by atoms with Crippen LogP contribution in [0.5, 0.6) is 0 Å². The summed E-state index contributed by atoms with van der Waals surface area (Å²) in [6.45, 7) is 0.923. The van der Waals surface area contributed by atoms with Crippen LogP contribution < -0.4 is 5.32 Å². The lowest BCUT2D eigenvalue weighted by Crippen LogP contribution is -2.45. The number of amides is 1. The molecule has 6 heteroatoms. The van der Waals surface area contributed by atoms with E-state index in [1.165, 1.54) is 7.11 Å². The highest BCUT2D eigenvalue weighted by atomic mass is 16.5. The maximum Gasteiger partial charge on any atom is 0.328 e. The molecule has 0 spiro atoms. The number of carbonyl (C=O) groups is 2. The van der Waals surface area contributed by atoms with Gasteiger partial charge in [-0.1, -0.05) is 18.2 Å². The number of ether oxygens (including phenoxy) is 2. The lowest BCUT2D eigenvalue weighted by Gasteiger charge is -2.19. The number of methoxy groups -OCH3 is 1. The third kappa shape index (κ3) is 3.83. The third-order valence-electron chi connectivity index (χ3n) is 3.66. The van der Waals surface area contributed by atoms with Gasteiger partial charge in [-0.3, -0.25) is 4.79 Å². The Morgan fingerprint density at radius 1 is 1.50 bits per heavy atom. The van der Waals surface area contributed by atoms with Gasteiger partial charge in [-0.25, -0.2) is 4.79 Å². The monoisotopic (exact) mass is 302 g/mol. The van der Waals surface area contributed by atoms with Gasteiger partial charge in [0.1, 0.15) is 6.04 Å². The van der Waals surface area contributed by atoms with Crippen molar-refractivity contribution in [1.29, 1.82) is 5.26 Å². The van der Waals surface area contributed by atoms with Crippen molar-refractivity contribution in [2.24, 2.45) is 5.92 Å². The Kier molecular flexibility index (Phi) is 5.50. The normalized spacial score (nSPS) is 18.3. The Balaban J connectivity index is 2.11. The molecule has 0 bridgehead atoms. The van der Waals surface area contributed by atoms with Crippen molar-refractivity contribution in [3.8, 4) is 6.07 Å². The minimum Gasteiger partial charge on any atom is -0.467 e. The van der Waals surface area contributed by atoms with E-state index in [0.717, 1.165) is 0 Å². The first-order valence-corrected chi connectivity index (χ1v) is 7.09. The van der Waals surface area contributed by atoms with Gasteiger partial charge in [0.15, 0.2) is 0 Å². The Morgan fingerprint density at radius 3 is 2.91 bits per heavy atom. The van der Waals surface area contributed by atoms with E-state index in [1.807, 2.05) is 0 Å². The van der Waals surface area contributed by atoms with Crippen LogP contribution in [0, 0.1) is 17.2 Å². The lowest BCUT2D eigenvalue weighted by molar-refractivity contribution is -0.145. The van der Waals surface area contributed by atoms with Gasteiger partial charge < -0.3 is 14.8 Å².